The number of likely N-dealkylation sites (tertiary alicyclic amines) is 1. The molecule has 5 amide bonds. The zero-order valence-electron chi connectivity index (χ0n) is 30.5. The SMILES string of the molecule is C=CCNC(=O)C(=O)C(CCC)NC(=O)[C@@H]1[C@@H]2C(CN1C(=O)[C@@H](NC(=O)NC1(CS(=O)(=O)C(C)(C)C)CCCCC1)C(C)(C)C)C2(C)C. The van der Waals surface area contributed by atoms with Crippen molar-refractivity contribution in [1.82, 2.24) is 26.2 Å². The molecule has 0 aromatic heterocycles. The zero-order chi connectivity index (χ0) is 36.5. The summed E-state index contributed by atoms with van der Waals surface area (Å²) in [6.07, 6.45) is 5.79. The predicted octanol–water partition coefficient (Wildman–Crippen LogP) is 3.26. The summed E-state index contributed by atoms with van der Waals surface area (Å²) in [5.74, 6) is -2.80. The first-order chi connectivity index (χ1) is 22.0. The number of Topliss-reactive ketones (excluding diaryl/α,β-unsaturated/α-hetero) is 1. The third-order valence-corrected chi connectivity index (χ3v) is 13.4. The van der Waals surface area contributed by atoms with E-state index in [0.29, 0.717) is 25.8 Å². The number of amides is 5. The second-order valence-electron chi connectivity index (χ2n) is 16.7. The maximum atomic E-state index is 14.4. The monoisotopic (exact) mass is 693 g/mol. The minimum Gasteiger partial charge on any atom is -0.346 e. The quantitative estimate of drug-likeness (QED) is 0.169. The van der Waals surface area contributed by atoms with Crippen LogP contribution in [-0.2, 0) is 29.0 Å². The van der Waals surface area contributed by atoms with Crippen LogP contribution in [-0.4, -0.2) is 90.1 Å². The Morgan fingerprint density at radius 3 is 2.10 bits per heavy atom. The molecule has 2 aliphatic carbocycles. The van der Waals surface area contributed by atoms with E-state index in [2.05, 4.69) is 27.8 Å². The molecule has 2 unspecified atom stereocenters. The lowest BCUT2D eigenvalue weighted by Gasteiger charge is -2.41. The van der Waals surface area contributed by atoms with Crippen LogP contribution in [0.4, 0.5) is 4.79 Å². The van der Waals surface area contributed by atoms with Crippen molar-refractivity contribution in [3.05, 3.63) is 12.7 Å². The summed E-state index contributed by atoms with van der Waals surface area (Å²) in [5, 5.41) is 11.1. The molecule has 3 rings (SSSR count). The van der Waals surface area contributed by atoms with Gasteiger partial charge in [0.2, 0.25) is 17.6 Å². The Morgan fingerprint density at radius 1 is 0.979 bits per heavy atom. The number of carbonyl (C=O) groups excluding carboxylic acids is 5. The highest BCUT2D eigenvalue weighted by atomic mass is 32.2. The van der Waals surface area contributed by atoms with Crippen LogP contribution in [0.25, 0.3) is 0 Å². The molecule has 1 aliphatic heterocycles. The number of urea groups is 1. The van der Waals surface area contributed by atoms with Gasteiger partial charge in [0.05, 0.1) is 22.1 Å². The number of hydrogen-bond donors (Lipinski definition) is 4. The van der Waals surface area contributed by atoms with Gasteiger partial charge in [-0.25, -0.2) is 13.2 Å². The van der Waals surface area contributed by atoms with Crippen molar-refractivity contribution in [2.45, 2.75) is 136 Å². The van der Waals surface area contributed by atoms with Gasteiger partial charge in [-0.15, -0.1) is 6.58 Å². The molecule has 2 saturated carbocycles. The van der Waals surface area contributed by atoms with E-state index in [1.807, 2.05) is 41.5 Å². The summed E-state index contributed by atoms with van der Waals surface area (Å²) in [6.45, 7) is 20.3. The van der Waals surface area contributed by atoms with Crippen molar-refractivity contribution in [3.8, 4) is 0 Å². The lowest BCUT2D eigenvalue weighted by atomic mass is 9.83. The molecule has 5 atom stereocenters. The van der Waals surface area contributed by atoms with Crippen LogP contribution >= 0.6 is 0 Å². The van der Waals surface area contributed by atoms with E-state index in [1.165, 1.54) is 11.0 Å². The van der Waals surface area contributed by atoms with E-state index >= 15 is 0 Å². The Balaban J connectivity index is 1.85. The fourth-order valence-corrected chi connectivity index (χ4v) is 8.90. The molecule has 0 aromatic rings. The van der Waals surface area contributed by atoms with Gasteiger partial charge in [-0.1, -0.05) is 73.3 Å². The molecule has 3 aliphatic rings. The Bertz CT molecular complexity index is 1370. The fraction of sp³-hybridized carbons (Fsp3) is 0.800. The molecule has 4 N–H and O–H groups in total. The summed E-state index contributed by atoms with van der Waals surface area (Å²) in [6, 6.07) is -3.61. The third kappa shape index (κ3) is 8.60. The fourth-order valence-electron chi connectivity index (χ4n) is 7.37. The van der Waals surface area contributed by atoms with E-state index in [0.717, 1.165) is 19.3 Å². The maximum absolute atomic E-state index is 14.4. The van der Waals surface area contributed by atoms with Crippen LogP contribution in [0.3, 0.4) is 0 Å². The van der Waals surface area contributed by atoms with Gasteiger partial charge in [0.1, 0.15) is 12.1 Å². The van der Waals surface area contributed by atoms with E-state index < -0.39 is 73.2 Å². The summed E-state index contributed by atoms with van der Waals surface area (Å²) in [5.41, 5.74) is -1.93. The Kier molecular flexibility index (Phi) is 11.9. The van der Waals surface area contributed by atoms with Crippen LogP contribution in [0.2, 0.25) is 0 Å². The normalized spacial score (nSPS) is 24.4. The van der Waals surface area contributed by atoms with Gasteiger partial charge in [-0.3, -0.25) is 19.2 Å². The number of carbonyl (C=O) groups is 5. The minimum absolute atomic E-state index is 0.0518. The molecule has 0 aromatic carbocycles. The molecule has 0 radical (unpaired) electrons. The average Bonchev–Trinajstić information content (AvgIpc) is 3.28. The van der Waals surface area contributed by atoms with E-state index in [4.69, 9.17) is 0 Å². The molecule has 0 spiro atoms. The summed E-state index contributed by atoms with van der Waals surface area (Å²) >= 11 is 0. The smallest absolute Gasteiger partial charge is 0.315 e. The third-order valence-electron chi connectivity index (χ3n) is 10.6. The molecule has 3 fully saturated rings. The van der Waals surface area contributed by atoms with Crippen LogP contribution in [0, 0.1) is 22.7 Å². The van der Waals surface area contributed by atoms with E-state index in [9.17, 15) is 32.4 Å². The zero-order valence-corrected chi connectivity index (χ0v) is 31.3. The van der Waals surface area contributed by atoms with Crippen LogP contribution in [0.1, 0.15) is 107 Å². The number of fused-ring (bicyclic) bond motifs is 1. The predicted molar refractivity (Wildman–Crippen MR) is 186 cm³/mol. The second kappa shape index (κ2) is 14.5. The Hall–Kier alpha value is -2.96. The first-order valence-electron chi connectivity index (χ1n) is 17.4. The number of hydrogen-bond acceptors (Lipinski definition) is 7. The van der Waals surface area contributed by atoms with Gasteiger partial charge >= 0.3 is 6.03 Å². The number of nitrogens with one attached hydrogen (secondary N) is 4. The molecule has 12 nitrogen and oxygen atoms in total. The number of piperidine rings is 1. The van der Waals surface area contributed by atoms with Crippen molar-refractivity contribution in [2.75, 3.05) is 18.8 Å². The van der Waals surface area contributed by atoms with Crippen molar-refractivity contribution in [2.24, 2.45) is 22.7 Å². The second-order valence-corrected chi connectivity index (χ2v) is 19.5. The molecule has 48 heavy (non-hydrogen) atoms. The molecular weight excluding hydrogens is 634 g/mol. The number of rotatable bonds is 13. The number of nitrogens with zero attached hydrogens (tertiary/aromatic N) is 1. The average molecular weight is 694 g/mol. The summed E-state index contributed by atoms with van der Waals surface area (Å²) in [7, 11) is -3.56. The lowest BCUT2D eigenvalue weighted by molar-refractivity contribution is -0.145. The van der Waals surface area contributed by atoms with Gasteiger partial charge in [-0.2, -0.15) is 0 Å². The molecular formula is C35H59N5O7S. The standard InChI is InChI=1S/C35H59N5O7S/c1-11-16-23(26(41)29(43)36-19-12-2)37-28(42)25-24-22(34(24,9)10)20-40(25)30(44)27(32(3,4)5)38-31(45)39-35(17-14-13-15-18-35)21-48(46,47)33(6,7)8/h12,22-25,27H,2,11,13-21H2,1,3-10H3,(H,36,43)(H,37,42)(H2,38,39,45)/t22?,23?,24-,25-,27+/m0/s1. The van der Waals surface area contributed by atoms with E-state index in [1.54, 1.807) is 20.8 Å². The molecule has 0 bridgehead atoms. The Morgan fingerprint density at radius 2 is 1.58 bits per heavy atom. The number of sulfone groups is 1. The highest BCUT2D eigenvalue weighted by molar-refractivity contribution is 7.92. The highest BCUT2D eigenvalue weighted by Crippen LogP contribution is 2.65. The van der Waals surface area contributed by atoms with Gasteiger partial charge in [0.25, 0.3) is 5.91 Å². The van der Waals surface area contributed by atoms with Crippen molar-refractivity contribution < 1.29 is 32.4 Å². The largest absolute Gasteiger partial charge is 0.346 e. The lowest BCUT2D eigenvalue weighted by Crippen LogP contribution is -2.64. The van der Waals surface area contributed by atoms with Crippen LogP contribution in [0.15, 0.2) is 12.7 Å². The maximum Gasteiger partial charge on any atom is 0.315 e. The molecule has 1 saturated heterocycles. The summed E-state index contributed by atoms with van der Waals surface area (Å²) < 4.78 is 25.6. The highest BCUT2D eigenvalue weighted by Gasteiger charge is 2.70. The van der Waals surface area contributed by atoms with Crippen LogP contribution in [0.5, 0.6) is 0 Å². The minimum atomic E-state index is -3.56. The van der Waals surface area contributed by atoms with Crippen molar-refractivity contribution in [1.29, 1.82) is 0 Å². The molecule has 13 heteroatoms. The molecule has 1 heterocycles. The topological polar surface area (TPSA) is 171 Å². The first kappa shape index (κ1) is 39.5. The first-order valence-corrected chi connectivity index (χ1v) is 19.0. The van der Waals surface area contributed by atoms with E-state index in [-0.39, 0.29) is 36.0 Å². The van der Waals surface area contributed by atoms with Gasteiger partial charge in [0.15, 0.2) is 9.84 Å². The Labute approximate surface area is 287 Å². The van der Waals surface area contributed by atoms with Gasteiger partial charge in [-0.05, 0) is 62.7 Å². The molecule has 272 valence electrons. The summed E-state index contributed by atoms with van der Waals surface area (Å²) in [4.78, 5) is 69.0. The van der Waals surface area contributed by atoms with Crippen molar-refractivity contribution >= 4 is 39.4 Å². The van der Waals surface area contributed by atoms with Gasteiger partial charge in [0, 0.05) is 13.1 Å². The number of ketones is 1. The van der Waals surface area contributed by atoms with Gasteiger partial charge < -0.3 is 26.2 Å². The van der Waals surface area contributed by atoms with Crippen LogP contribution < -0.4 is 21.3 Å². The van der Waals surface area contributed by atoms with Crippen molar-refractivity contribution in [3.63, 3.8) is 0 Å².